The first-order valence-corrected chi connectivity index (χ1v) is 11.5. The van der Waals surface area contributed by atoms with Gasteiger partial charge in [0.15, 0.2) is 0 Å². The Morgan fingerprint density at radius 3 is 1.76 bits per heavy atom. The summed E-state index contributed by atoms with van der Waals surface area (Å²) in [4.78, 5) is 8.83. The van der Waals surface area contributed by atoms with E-state index in [1.165, 1.54) is 49.0 Å². The first-order chi connectivity index (χ1) is 16.9. The van der Waals surface area contributed by atoms with Crippen LogP contribution in [0, 0.1) is 0 Å². The number of hydrogen-bond donors (Lipinski definition) is 0. The van der Waals surface area contributed by atoms with Crippen molar-refractivity contribution < 1.29 is 0 Å². The fourth-order valence-corrected chi connectivity index (χ4v) is 5.33. The molecule has 0 amide bonds. The van der Waals surface area contributed by atoms with E-state index in [0.29, 0.717) is 0 Å². The molecule has 0 saturated carbocycles. The van der Waals surface area contributed by atoms with Crippen molar-refractivity contribution in [3.63, 3.8) is 0 Å². The predicted molar refractivity (Wildman–Crippen MR) is 142 cm³/mol. The van der Waals surface area contributed by atoms with Crippen molar-refractivity contribution in [2.75, 3.05) is 0 Å². The molecule has 0 N–H and O–H groups in total. The molecule has 0 saturated heterocycles. The number of pyridine rings is 2. The van der Waals surface area contributed by atoms with Crippen molar-refractivity contribution in [1.29, 1.82) is 0 Å². The molecule has 2 aromatic heterocycles. The second-order valence-electron chi connectivity index (χ2n) is 8.68. The quantitative estimate of drug-likeness (QED) is 0.262. The van der Waals surface area contributed by atoms with Gasteiger partial charge in [-0.15, -0.1) is 0 Å². The van der Waals surface area contributed by atoms with Gasteiger partial charge in [0.1, 0.15) is 0 Å². The van der Waals surface area contributed by atoms with Crippen molar-refractivity contribution in [2.24, 2.45) is 0 Å². The molecule has 34 heavy (non-hydrogen) atoms. The molecule has 0 aliphatic heterocycles. The summed E-state index contributed by atoms with van der Waals surface area (Å²) in [6.45, 7) is 0. The average molecular weight is 433 g/mol. The van der Waals surface area contributed by atoms with Gasteiger partial charge < -0.3 is 0 Å². The summed E-state index contributed by atoms with van der Waals surface area (Å²) in [5, 5.41) is 7.78. The van der Waals surface area contributed by atoms with Crippen LogP contribution >= 0.6 is 0 Å². The van der Waals surface area contributed by atoms with Gasteiger partial charge in [0.25, 0.3) is 0 Å². The minimum atomic E-state index is 1.10. The van der Waals surface area contributed by atoms with E-state index in [0.717, 1.165) is 16.7 Å². The van der Waals surface area contributed by atoms with E-state index >= 15 is 0 Å². The average Bonchev–Trinajstić information content (AvgIpc) is 2.92. The van der Waals surface area contributed by atoms with E-state index in [9.17, 15) is 0 Å². The maximum absolute atomic E-state index is 4.44. The zero-order valence-corrected chi connectivity index (χ0v) is 18.4. The summed E-state index contributed by atoms with van der Waals surface area (Å²) in [5.74, 6) is 0. The molecule has 2 nitrogen and oxygen atoms in total. The molecule has 7 rings (SSSR count). The topological polar surface area (TPSA) is 25.8 Å². The molecule has 5 aromatic carbocycles. The van der Waals surface area contributed by atoms with Crippen LogP contribution in [0.3, 0.4) is 0 Å². The van der Waals surface area contributed by atoms with Crippen LogP contribution in [0.4, 0.5) is 0 Å². The number of aromatic nitrogens is 2. The van der Waals surface area contributed by atoms with E-state index in [2.05, 4.69) is 94.9 Å². The largest absolute Gasteiger partial charge is 0.264 e. The molecular formula is C32H20N2. The minimum Gasteiger partial charge on any atom is -0.264 e. The summed E-state index contributed by atoms with van der Waals surface area (Å²) in [6, 6.07) is 34.9. The summed E-state index contributed by atoms with van der Waals surface area (Å²) < 4.78 is 0. The van der Waals surface area contributed by atoms with Gasteiger partial charge in [-0.1, -0.05) is 84.9 Å². The molecule has 0 aliphatic carbocycles. The fourth-order valence-electron chi connectivity index (χ4n) is 5.33. The van der Waals surface area contributed by atoms with Crippen LogP contribution in [0.5, 0.6) is 0 Å². The van der Waals surface area contributed by atoms with Crippen molar-refractivity contribution in [3.8, 4) is 33.4 Å². The Bertz CT molecular complexity index is 1770. The molecule has 158 valence electrons. The molecule has 0 spiro atoms. The second-order valence-corrected chi connectivity index (χ2v) is 8.68. The van der Waals surface area contributed by atoms with Crippen molar-refractivity contribution in [1.82, 2.24) is 9.97 Å². The molecular weight excluding hydrogens is 412 g/mol. The Labute approximate surface area is 197 Å². The highest BCUT2D eigenvalue weighted by molar-refractivity contribution is 6.25. The highest BCUT2D eigenvalue weighted by Gasteiger charge is 2.18. The van der Waals surface area contributed by atoms with Gasteiger partial charge in [-0.05, 0) is 66.7 Å². The van der Waals surface area contributed by atoms with Crippen LogP contribution < -0.4 is 0 Å². The SMILES string of the molecule is c1cncc(-c2cccc(-c3ccc4ccc5cccc6ccc3c4c56)c2-c2cccnc2)c1. The smallest absolute Gasteiger partial charge is 0.0346 e. The van der Waals surface area contributed by atoms with Crippen LogP contribution in [0.2, 0.25) is 0 Å². The standard InChI is InChI=1S/C32H20N2/c1-5-21-11-12-23-13-15-27(29-16-14-22(6-1)30(21)32(23)29)28-10-2-9-26(24-7-3-17-33-19-24)31(28)25-8-4-18-34-20-25/h1-20H. The normalized spacial score (nSPS) is 11.5. The Hall–Kier alpha value is -4.56. The van der Waals surface area contributed by atoms with Crippen LogP contribution in [0.25, 0.3) is 65.7 Å². The van der Waals surface area contributed by atoms with Crippen molar-refractivity contribution >= 4 is 32.3 Å². The summed E-state index contributed by atoms with van der Waals surface area (Å²) in [6.07, 6.45) is 7.53. The summed E-state index contributed by atoms with van der Waals surface area (Å²) in [5.41, 5.74) is 6.97. The van der Waals surface area contributed by atoms with E-state index in [-0.39, 0.29) is 0 Å². The number of nitrogens with zero attached hydrogens (tertiary/aromatic N) is 2. The third-order valence-electron chi connectivity index (χ3n) is 6.81. The third kappa shape index (κ3) is 2.82. The predicted octanol–water partition coefficient (Wildman–Crippen LogP) is 8.38. The van der Waals surface area contributed by atoms with Crippen LogP contribution in [-0.2, 0) is 0 Å². The second kappa shape index (κ2) is 7.50. The molecule has 2 heteroatoms. The Balaban J connectivity index is 1.61. The monoisotopic (exact) mass is 432 g/mol. The first kappa shape index (κ1) is 19.0. The van der Waals surface area contributed by atoms with Gasteiger partial charge in [-0.25, -0.2) is 0 Å². The van der Waals surface area contributed by atoms with Gasteiger partial charge in [0, 0.05) is 35.9 Å². The lowest BCUT2D eigenvalue weighted by molar-refractivity contribution is 1.32. The molecule has 0 fully saturated rings. The lowest BCUT2D eigenvalue weighted by Crippen LogP contribution is -1.93. The van der Waals surface area contributed by atoms with E-state index in [4.69, 9.17) is 0 Å². The lowest BCUT2D eigenvalue weighted by Gasteiger charge is -2.19. The van der Waals surface area contributed by atoms with E-state index < -0.39 is 0 Å². The summed E-state index contributed by atoms with van der Waals surface area (Å²) in [7, 11) is 0. The Morgan fingerprint density at radius 2 is 1.03 bits per heavy atom. The Kier molecular flexibility index (Phi) is 4.18. The molecule has 0 radical (unpaired) electrons. The van der Waals surface area contributed by atoms with Gasteiger partial charge in [-0.3, -0.25) is 9.97 Å². The fraction of sp³-hybridized carbons (Fsp3) is 0. The van der Waals surface area contributed by atoms with Crippen LogP contribution in [0.15, 0.2) is 122 Å². The Morgan fingerprint density at radius 1 is 0.412 bits per heavy atom. The molecule has 2 heterocycles. The zero-order chi connectivity index (χ0) is 22.5. The molecule has 0 bridgehead atoms. The molecule has 7 aromatic rings. The number of rotatable bonds is 3. The van der Waals surface area contributed by atoms with Crippen LogP contribution in [0.1, 0.15) is 0 Å². The van der Waals surface area contributed by atoms with Gasteiger partial charge in [-0.2, -0.15) is 0 Å². The minimum absolute atomic E-state index is 1.10. The van der Waals surface area contributed by atoms with Gasteiger partial charge >= 0.3 is 0 Å². The third-order valence-corrected chi connectivity index (χ3v) is 6.81. The van der Waals surface area contributed by atoms with Crippen LogP contribution in [-0.4, -0.2) is 9.97 Å². The lowest BCUT2D eigenvalue weighted by atomic mass is 9.85. The molecule has 0 aliphatic rings. The van der Waals surface area contributed by atoms with Crippen molar-refractivity contribution in [3.05, 3.63) is 122 Å². The maximum Gasteiger partial charge on any atom is 0.0346 e. The van der Waals surface area contributed by atoms with Gasteiger partial charge in [0.05, 0.1) is 0 Å². The number of benzene rings is 5. The highest BCUT2D eigenvalue weighted by Crippen LogP contribution is 2.44. The molecule has 0 unspecified atom stereocenters. The van der Waals surface area contributed by atoms with Gasteiger partial charge in [0.2, 0.25) is 0 Å². The van der Waals surface area contributed by atoms with E-state index in [1.807, 2.05) is 36.9 Å². The van der Waals surface area contributed by atoms with Crippen molar-refractivity contribution in [2.45, 2.75) is 0 Å². The number of hydrogen-bond acceptors (Lipinski definition) is 2. The maximum atomic E-state index is 4.44. The zero-order valence-electron chi connectivity index (χ0n) is 18.4. The first-order valence-electron chi connectivity index (χ1n) is 11.5. The molecule has 0 atom stereocenters. The van der Waals surface area contributed by atoms with E-state index in [1.54, 1.807) is 0 Å². The summed E-state index contributed by atoms with van der Waals surface area (Å²) >= 11 is 0. The highest BCUT2D eigenvalue weighted by atomic mass is 14.6.